The number of rotatable bonds is 7. The molecule has 1 aliphatic heterocycles. The fourth-order valence-electron chi connectivity index (χ4n) is 2.67. The number of likely N-dealkylation sites (tertiary alicyclic amines) is 1. The lowest BCUT2D eigenvalue weighted by molar-refractivity contribution is 0.320. The van der Waals surface area contributed by atoms with E-state index in [2.05, 4.69) is 29.3 Å². The summed E-state index contributed by atoms with van der Waals surface area (Å²) in [6.07, 6.45) is 5.23. The maximum atomic E-state index is 5.91. The average Bonchev–Trinajstić information content (AvgIpc) is 2.85. The Labute approximate surface area is 122 Å². The van der Waals surface area contributed by atoms with Gasteiger partial charge in [-0.2, -0.15) is 0 Å². The first-order chi connectivity index (χ1) is 9.28. The Morgan fingerprint density at radius 2 is 2.05 bits per heavy atom. The van der Waals surface area contributed by atoms with Gasteiger partial charge in [0.25, 0.3) is 0 Å². The highest BCUT2D eigenvalue weighted by molar-refractivity contribution is 6.30. The maximum Gasteiger partial charge on any atom is 0.0406 e. The van der Waals surface area contributed by atoms with Gasteiger partial charge >= 0.3 is 0 Å². The number of nitrogens with one attached hydrogen (secondary N) is 1. The summed E-state index contributed by atoms with van der Waals surface area (Å²) in [6.45, 7) is 6.85. The quantitative estimate of drug-likeness (QED) is 0.766. The molecule has 1 aromatic carbocycles. The van der Waals surface area contributed by atoms with E-state index in [1.54, 1.807) is 0 Å². The van der Waals surface area contributed by atoms with Crippen molar-refractivity contribution < 1.29 is 0 Å². The average molecular weight is 281 g/mol. The second-order valence-corrected chi connectivity index (χ2v) is 5.94. The van der Waals surface area contributed by atoms with Gasteiger partial charge < -0.3 is 5.32 Å². The Morgan fingerprint density at radius 1 is 1.26 bits per heavy atom. The molecule has 19 heavy (non-hydrogen) atoms. The van der Waals surface area contributed by atoms with Crippen LogP contribution in [-0.2, 0) is 6.54 Å². The number of hydrogen-bond donors (Lipinski definition) is 1. The van der Waals surface area contributed by atoms with E-state index < -0.39 is 0 Å². The van der Waals surface area contributed by atoms with Crippen LogP contribution in [0.25, 0.3) is 0 Å². The highest BCUT2D eigenvalue weighted by Gasteiger charge is 2.21. The molecule has 0 saturated carbocycles. The Hall–Kier alpha value is -0.570. The molecule has 106 valence electrons. The highest BCUT2D eigenvalue weighted by atomic mass is 35.5. The van der Waals surface area contributed by atoms with Crippen LogP contribution in [0.3, 0.4) is 0 Å². The maximum absolute atomic E-state index is 5.91. The van der Waals surface area contributed by atoms with Crippen LogP contribution in [0.5, 0.6) is 0 Å². The third-order valence-electron chi connectivity index (χ3n) is 3.81. The second-order valence-electron chi connectivity index (χ2n) is 5.51. The molecule has 2 rings (SSSR count). The van der Waals surface area contributed by atoms with Gasteiger partial charge in [-0.25, -0.2) is 0 Å². The highest BCUT2D eigenvalue weighted by Crippen LogP contribution is 2.15. The Kier molecular flexibility index (Phi) is 6.15. The van der Waals surface area contributed by atoms with Gasteiger partial charge in [0.2, 0.25) is 0 Å². The van der Waals surface area contributed by atoms with E-state index in [1.807, 2.05) is 12.1 Å². The summed E-state index contributed by atoms with van der Waals surface area (Å²) in [4.78, 5) is 2.53. The summed E-state index contributed by atoms with van der Waals surface area (Å²) >= 11 is 5.91. The summed E-state index contributed by atoms with van der Waals surface area (Å²) in [5, 5.41) is 4.50. The summed E-state index contributed by atoms with van der Waals surface area (Å²) in [5.74, 6) is 0. The summed E-state index contributed by atoms with van der Waals surface area (Å²) < 4.78 is 0. The topological polar surface area (TPSA) is 15.3 Å². The molecular formula is C16H25ClN2. The first kappa shape index (κ1) is 14.8. The smallest absolute Gasteiger partial charge is 0.0406 e. The van der Waals surface area contributed by atoms with Crippen molar-refractivity contribution in [3.63, 3.8) is 0 Å². The minimum absolute atomic E-state index is 0.684. The summed E-state index contributed by atoms with van der Waals surface area (Å²) in [6, 6.07) is 8.90. The van der Waals surface area contributed by atoms with Gasteiger partial charge in [-0.15, -0.1) is 0 Å². The number of hydrogen-bond acceptors (Lipinski definition) is 2. The minimum atomic E-state index is 0.684. The number of benzene rings is 1. The SMILES string of the molecule is CCCCCNC1CCN(Cc2ccc(Cl)cc2)C1. The molecule has 0 radical (unpaired) electrons. The zero-order valence-electron chi connectivity index (χ0n) is 11.9. The van der Waals surface area contributed by atoms with Gasteiger partial charge in [0, 0.05) is 30.7 Å². The lowest BCUT2D eigenvalue weighted by Gasteiger charge is -2.17. The molecule has 3 heteroatoms. The molecule has 1 aromatic rings. The fraction of sp³-hybridized carbons (Fsp3) is 0.625. The van der Waals surface area contributed by atoms with Crippen LogP contribution in [0.15, 0.2) is 24.3 Å². The van der Waals surface area contributed by atoms with E-state index in [-0.39, 0.29) is 0 Å². The third-order valence-corrected chi connectivity index (χ3v) is 4.06. The van der Waals surface area contributed by atoms with Gasteiger partial charge in [-0.3, -0.25) is 4.90 Å². The summed E-state index contributed by atoms with van der Waals surface area (Å²) in [5.41, 5.74) is 1.36. The first-order valence-electron chi connectivity index (χ1n) is 7.48. The molecule has 0 bridgehead atoms. The van der Waals surface area contributed by atoms with E-state index >= 15 is 0 Å². The Balaban J connectivity index is 1.68. The lowest BCUT2D eigenvalue weighted by atomic mass is 10.2. The van der Waals surface area contributed by atoms with E-state index in [0.29, 0.717) is 6.04 Å². The van der Waals surface area contributed by atoms with Crippen molar-refractivity contribution in [1.82, 2.24) is 10.2 Å². The van der Waals surface area contributed by atoms with Crippen LogP contribution in [0, 0.1) is 0 Å². The Morgan fingerprint density at radius 3 is 2.79 bits per heavy atom. The van der Waals surface area contributed by atoms with Crippen LogP contribution in [0.4, 0.5) is 0 Å². The van der Waals surface area contributed by atoms with Crippen LogP contribution in [-0.4, -0.2) is 30.6 Å². The molecule has 2 nitrogen and oxygen atoms in total. The molecule has 0 aromatic heterocycles. The van der Waals surface area contributed by atoms with Crippen molar-refractivity contribution in [3.05, 3.63) is 34.9 Å². The van der Waals surface area contributed by atoms with Crippen molar-refractivity contribution in [2.24, 2.45) is 0 Å². The van der Waals surface area contributed by atoms with Gasteiger partial charge in [0.1, 0.15) is 0 Å². The van der Waals surface area contributed by atoms with E-state index in [9.17, 15) is 0 Å². The van der Waals surface area contributed by atoms with Gasteiger partial charge in [-0.05, 0) is 37.1 Å². The predicted octanol–water partition coefficient (Wildman–Crippen LogP) is 3.69. The summed E-state index contributed by atoms with van der Waals surface area (Å²) in [7, 11) is 0. The van der Waals surface area contributed by atoms with Crippen molar-refractivity contribution in [1.29, 1.82) is 0 Å². The molecular weight excluding hydrogens is 256 g/mol. The monoisotopic (exact) mass is 280 g/mol. The number of halogens is 1. The Bertz CT molecular complexity index is 364. The molecule has 0 amide bonds. The number of nitrogens with zero attached hydrogens (tertiary/aromatic N) is 1. The molecule has 0 aliphatic carbocycles. The number of unbranched alkanes of at least 4 members (excludes halogenated alkanes) is 2. The normalized spacial score (nSPS) is 20.0. The lowest BCUT2D eigenvalue weighted by Crippen LogP contribution is -2.33. The third kappa shape index (κ3) is 5.13. The van der Waals surface area contributed by atoms with Crippen molar-refractivity contribution in [2.75, 3.05) is 19.6 Å². The second kappa shape index (κ2) is 7.88. The van der Waals surface area contributed by atoms with Crippen LogP contribution < -0.4 is 5.32 Å². The molecule has 1 unspecified atom stereocenters. The molecule has 1 fully saturated rings. The van der Waals surface area contributed by atoms with E-state index in [0.717, 1.165) is 11.6 Å². The van der Waals surface area contributed by atoms with Gasteiger partial charge in [0.05, 0.1) is 0 Å². The van der Waals surface area contributed by atoms with Crippen molar-refractivity contribution in [3.8, 4) is 0 Å². The van der Waals surface area contributed by atoms with Crippen LogP contribution >= 0.6 is 11.6 Å². The molecule has 1 atom stereocenters. The fourth-order valence-corrected chi connectivity index (χ4v) is 2.80. The van der Waals surface area contributed by atoms with Gasteiger partial charge in [0.15, 0.2) is 0 Å². The van der Waals surface area contributed by atoms with E-state index in [1.165, 1.54) is 50.9 Å². The standard InChI is InChI=1S/C16H25ClN2/c1-2-3-4-10-18-16-9-11-19(13-16)12-14-5-7-15(17)8-6-14/h5-8,16,18H,2-4,9-13H2,1H3. The molecule has 0 spiro atoms. The molecule has 1 aliphatic rings. The van der Waals surface area contributed by atoms with Crippen molar-refractivity contribution >= 4 is 11.6 Å². The first-order valence-corrected chi connectivity index (χ1v) is 7.86. The molecule has 1 saturated heterocycles. The molecule has 1 heterocycles. The molecule has 1 N–H and O–H groups in total. The van der Waals surface area contributed by atoms with Crippen molar-refractivity contribution in [2.45, 2.75) is 45.2 Å². The minimum Gasteiger partial charge on any atom is -0.313 e. The zero-order chi connectivity index (χ0) is 13.5. The van der Waals surface area contributed by atoms with Crippen LogP contribution in [0.2, 0.25) is 5.02 Å². The predicted molar refractivity (Wildman–Crippen MR) is 82.7 cm³/mol. The van der Waals surface area contributed by atoms with Gasteiger partial charge in [-0.1, -0.05) is 43.5 Å². The van der Waals surface area contributed by atoms with Crippen LogP contribution in [0.1, 0.15) is 38.2 Å². The van der Waals surface area contributed by atoms with E-state index in [4.69, 9.17) is 11.6 Å². The largest absolute Gasteiger partial charge is 0.313 e. The zero-order valence-corrected chi connectivity index (χ0v) is 12.6.